The molecule has 150 valence electrons. The Morgan fingerprint density at radius 2 is 1.83 bits per heavy atom. The van der Waals surface area contributed by atoms with Crippen molar-refractivity contribution in [3.63, 3.8) is 0 Å². The molecule has 0 saturated carbocycles. The summed E-state index contributed by atoms with van der Waals surface area (Å²) in [6.45, 7) is 2.84. The number of halogens is 1. The van der Waals surface area contributed by atoms with Crippen LogP contribution in [0, 0.1) is 13.8 Å². The molecule has 2 aromatic carbocycles. The van der Waals surface area contributed by atoms with Crippen molar-refractivity contribution in [2.45, 2.75) is 13.8 Å². The van der Waals surface area contributed by atoms with Crippen LogP contribution in [0.1, 0.15) is 11.1 Å². The summed E-state index contributed by atoms with van der Waals surface area (Å²) in [5.74, 6) is -0.906. The van der Waals surface area contributed by atoms with E-state index in [-0.39, 0.29) is 0 Å². The fourth-order valence-electron chi connectivity index (χ4n) is 2.71. The summed E-state index contributed by atoms with van der Waals surface area (Å²) in [6, 6.07) is 11.4. The highest BCUT2D eigenvalue weighted by atomic mass is 35.5. The quantitative estimate of drug-likeness (QED) is 0.488. The van der Waals surface area contributed by atoms with Gasteiger partial charge in [-0.15, -0.1) is 0 Å². The molecule has 1 amide bonds. The summed E-state index contributed by atoms with van der Waals surface area (Å²) in [6.07, 6.45) is 0. The van der Waals surface area contributed by atoms with Gasteiger partial charge in [0.15, 0.2) is 13.2 Å². The minimum Gasteiger partial charge on any atom is -0.482 e. The lowest BCUT2D eigenvalue weighted by Crippen LogP contribution is -2.24. The summed E-state index contributed by atoms with van der Waals surface area (Å²) in [4.78, 5) is 35.1. The molecule has 0 fully saturated rings. The highest BCUT2D eigenvalue weighted by Crippen LogP contribution is 2.27. The number of carbonyl (C=O) groups is 2. The van der Waals surface area contributed by atoms with Crippen LogP contribution in [0.4, 0.5) is 5.69 Å². The van der Waals surface area contributed by atoms with Crippen LogP contribution in [0.2, 0.25) is 5.02 Å². The minimum absolute atomic E-state index is 0.329. The van der Waals surface area contributed by atoms with Gasteiger partial charge in [0.2, 0.25) is 0 Å². The molecule has 1 aromatic heterocycles. The van der Waals surface area contributed by atoms with Crippen molar-refractivity contribution in [3.8, 4) is 5.75 Å². The molecule has 29 heavy (non-hydrogen) atoms. The highest BCUT2D eigenvalue weighted by molar-refractivity contribution is 6.34. The van der Waals surface area contributed by atoms with Gasteiger partial charge in [0.05, 0.1) is 10.7 Å². The SMILES string of the molecule is Cc1cc(C)c(NC(=O)COC(=O)COc2ccc3ccc(=O)oc3c2)c(Cl)c1. The van der Waals surface area contributed by atoms with Gasteiger partial charge >= 0.3 is 11.6 Å². The second kappa shape index (κ2) is 8.79. The van der Waals surface area contributed by atoms with Crippen LogP contribution in [0.5, 0.6) is 5.75 Å². The average molecular weight is 416 g/mol. The number of hydrogen-bond acceptors (Lipinski definition) is 6. The first-order valence-electron chi connectivity index (χ1n) is 8.71. The van der Waals surface area contributed by atoms with Crippen LogP contribution in [0.3, 0.4) is 0 Å². The summed E-state index contributed by atoms with van der Waals surface area (Å²) in [5, 5.41) is 3.76. The predicted molar refractivity (Wildman–Crippen MR) is 108 cm³/mol. The molecule has 1 N–H and O–H groups in total. The maximum Gasteiger partial charge on any atom is 0.344 e. The van der Waals surface area contributed by atoms with Gasteiger partial charge in [0, 0.05) is 17.5 Å². The number of ether oxygens (including phenoxy) is 2. The smallest absolute Gasteiger partial charge is 0.344 e. The van der Waals surface area contributed by atoms with Crippen molar-refractivity contribution in [1.82, 2.24) is 0 Å². The van der Waals surface area contributed by atoms with E-state index in [4.69, 9.17) is 25.5 Å². The Bertz CT molecular complexity index is 1110. The van der Waals surface area contributed by atoms with Crippen molar-refractivity contribution in [1.29, 1.82) is 0 Å². The number of esters is 1. The molecule has 0 bridgehead atoms. The number of hydrogen-bond donors (Lipinski definition) is 1. The van der Waals surface area contributed by atoms with E-state index in [2.05, 4.69) is 5.32 Å². The molecule has 0 unspecified atom stereocenters. The van der Waals surface area contributed by atoms with Crippen molar-refractivity contribution < 1.29 is 23.5 Å². The molecule has 1 heterocycles. The van der Waals surface area contributed by atoms with Crippen LogP contribution >= 0.6 is 11.6 Å². The van der Waals surface area contributed by atoms with Crippen molar-refractivity contribution in [2.75, 3.05) is 18.5 Å². The zero-order valence-corrected chi connectivity index (χ0v) is 16.5. The molecule has 0 atom stereocenters. The fraction of sp³-hybridized carbons (Fsp3) is 0.190. The topological polar surface area (TPSA) is 94.8 Å². The van der Waals surface area contributed by atoms with Gasteiger partial charge in [-0.05, 0) is 49.2 Å². The number of nitrogens with one attached hydrogen (secondary N) is 1. The van der Waals surface area contributed by atoms with Crippen molar-refractivity contribution in [2.24, 2.45) is 0 Å². The van der Waals surface area contributed by atoms with Crippen molar-refractivity contribution >= 4 is 40.1 Å². The van der Waals surface area contributed by atoms with Crippen LogP contribution < -0.4 is 15.7 Å². The second-order valence-corrected chi connectivity index (χ2v) is 6.80. The first-order chi connectivity index (χ1) is 13.8. The molecule has 0 aliphatic rings. The first kappa shape index (κ1) is 20.4. The number of fused-ring (bicyclic) bond motifs is 1. The third-order valence-corrected chi connectivity index (χ3v) is 4.31. The third-order valence-electron chi connectivity index (χ3n) is 4.01. The molecule has 8 heteroatoms. The molecule has 0 aliphatic carbocycles. The normalized spacial score (nSPS) is 10.6. The lowest BCUT2D eigenvalue weighted by Gasteiger charge is -2.12. The Labute approximate surface area is 171 Å². The van der Waals surface area contributed by atoms with E-state index in [0.717, 1.165) is 16.5 Å². The molecule has 0 radical (unpaired) electrons. The van der Waals surface area contributed by atoms with Crippen LogP contribution in [0.25, 0.3) is 11.0 Å². The molecule has 0 spiro atoms. The van der Waals surface area contributed by atoms with Crippen LogP contribution in [0.15, 0.2) is 51.7 Å². The Hall–Kier alpha value is -3.32. The Morgan fingerprint density at radius 1 is 1.07 bits per heavy atom. The van der Waals surface area contributed by atoms with E-state index in [1.807, 2.05) is 19.9 Å². The average Bonchev–Trinajstić information content (AvgIpc) is 2.67. The summed E-state index contributed by atoms with van der Waals surface area (Å²) in [5.41, 5.74) is 2.12. The number of rotatable bonds is 6. The van der Waals surface area contributed by atoms with Crippen LogP contribution in [-0.2, 0) is 14.3 Å². The number of aryl methyl sites for hydroxylation is 2. The van der Waals surface area contributed by atoms with Crippen LogP contribution in [-0.4, -0.2) is 25.1 Å². The van der Waals surface area contributed by atoms with E-state index in [9.17, 15) is 14.4 Å². The summed E-state index contributed by atoms with van der Waals surface area (Å²) >= 11 is 6.14. The Morgan fingerprint density at radius 3 is 2.59 bits per heavy atom. The summed E-state index contributed by atoms with van der Waals surface area (Å²) in [7, 11) is 0. The third kappa shape index (κ3) is 5.36. The highest BCUT2D eigenvalue weighted by Gasteiger charge is 2.12. The lowest BCUT2D eigenvalue weighted by atomic mass is 10.1. The van der Waals surface area contributed by atoms with E-state index in [1.165, 1.54) is 12.1 Å². The fourth-order valence-corrected chi connectivity index (χ4v) is 3.08. The van der Waals surface area contributed by atoms with Gasteiger partial charge in [0.25, 0.3) is 5.91 Å². The van der Waals surface area contributed by atoms with Gasteiger partial charge in [-0.1, -0.05) is 17.7 Å². The maximum absolute atomic E-state index is 12.0. The van der Waals surface area contributed by atoms with E-state index >= 15 is 0 Å². The van der Waals surface area contributed by atoms with Gasteiger partial charge in [-0.3, -0.25) is 4.79 Å². The second-order valence-electron chi connectivity index (χ2n) is 6.39. The lowest BCUT2D eigenvalue weighted by molar-refractivity contribution is -0.149. The van der Waals surface area contributed by atoms with Gasteiger partial charge in [-0.2, -0.15) is 0 Å². The Kier molecular flexibility index (Phi) is 6.19. The zero-order chi connectivity index (χ0) is 21.0. The molecule has 0 saturated heterocycles. The molecular weight excluding hydrogens is 398 g/mol. The minimum atomic E-state index is -0.721. The molecule has 3 rings (SSSR count). The largest absolute Gasteiger partial charge is 0.482 e. The first-order valence-corrected chi connectivity index (χ1v) is 9.08. The molecule has 7 nitrogen and oxygen atoms in total. The molecule has 3 aromatic rings. The van der Waals surface area contributed by atoms with E-state index in [1.54, 1.807) is 24.3 Å². The number of benzene rings is 2. The summed E-state index contributed by atoms with van der Waals surface area (Å²) < 4.78 is 15.3. The molecule has 0 aliphatic heterocycles. The maximum atomic E-state index is 12.0. The van der Waals surface area contributed by atoms with Gasteiger partial charge < -0.3 is 19.2 Å². The van der Waals surface area contributed by atoms with E-state index < -0.39 is 30.7 Å². The monoisotopic (exact) mass is 415 g/mol. The standard InChI is InChI=1S/C21H18ClNO6/c1-12-7-13(2)21(16(22)8-12)23-18(24)10-28-20(26)11-27-15-5-3-14-4-6-19(25)29-17(14)9-15/h3-9H,10-11H2,1-2H3,(H,23,24). The zero-order valence-electron chi connectivity index (χ0n) is 15.8. The predicted octanol–water partition coefficient (Wildman–Crippen LogP) is 3.62. The Balaban J connectivity index is 1.51. The number of carbonyl (C=O) groups excluding carboxylic acids is 2. The van der Waals surface area contributed by atoms with Gasteiger partial charge in [0.1, 0.15) is 11.3 Å². The van der Waals surface area contributed by atoms with E-state index in [0.29, 0.717) is 22.0 Å². The molecular formula is C21H18ClNO6. The number of amides is 1. The van der Waals surface area contributed by atoms with Crippen molar-refractivity contribution in [3.05, 3.63) is 69.0 Å². The number of anilines is 1. The van der Waals surface area contributed by atoms with Gasteiger partial charge in [-0.25, -0.2) is 9.59 Å².